The summed E-state index contributed by atoms with van der Waals surface area (Å²) in [7, 11) is -3.40. The Morgan fingerprint density at radius 3 is 2.44 bits per heavy atom. The molecule has 2 N–H and O–H groups in total. The number of aryl methyl sites for hydroxylation is 1. The first kappa shape index (κ1) is 23.1. The van der Waals surface area contributed by atoms with E-state index in [9.17, 15) is 13.2 Å². The number of fused-ring (bicyclic) bond motifs is 1. The quantitative estimate of drug-likeness (QED) is 0.313. The van der Waals surface area contributed by atoms with Gasteiger partial charge in [-0.2, -0.15) is 5.10 Å². The lowest BCUT2D eigenvalue weighted by Gasteiger charge is -2.11. The van der Waals surface area contributed by atoms with Crippen LogP contribution in [0.4, 0.5) is 5.69 Å². The predicted octanol–water partition coefficient (Wildman–Crippen LogP) is 4.74. The number of anilines is 1. The van der Waals surface area contributed by atoms with Gasteiger partial charge in [-0.15, -0.1) is 0 Å². The molecule has 4 aromatic rings. The van der Waals surface area contributed by atoms with E-state index in [1.54, 1.807) is 37.3 Å². The van der Waals surface area contributed by atoms with Crippen LogP contribution in [0.2, 0.25) is 0 Å². The molecule has 0 aliphatic carbocycles. The third kappa shape index (κ3) is 5.29. The highest BCUT2D eigenvalue weighted by Gasteiger charge is 2.15. The van der Waals surface area contributed by atoms with Crippen molar-refractivity contribution in [3.63, 3.8) is 0 Å². The Bertz CT molecular complexity index is 1530. The molecule has 1 heterocycles. The highest BCUT2D eigenvalue weighted by Crippen LogP contribution is 2.27. The second-order valence-corrected chi connectivity index (χ2v) is 9.73. The highest BCUT2D eigenvalue weighted by atomic mass is 32.2. The molecule has 0 bridgehead atoms. The molecule has 0 unspecified atom stereocenters. The number of nitrogens with zero attached hydrogens (tertiary/aromatic N) is 2. The summed E-state index contributed by atoms with van der Waals surface area (Å²) in [5.41, 5.74) is 8.17. The second-order valence-electron chi connectivity index (χ2n) is 7.98. The molecule has 4 rings (SSSR count). The van der Waals surface area contributed by atoms with Crippen molar-refractivity contribution in [1.29, 1.82) is 0 Å². The minimum atomic E-state index is -3.40. The summed E-state index contributed by atoms with van der Waals surface area (Å²) in [6.07, 6.45) is 1.09. The summed E-state index contributed by atoms with van der Waals surface area (Å²) in [6, 6.07) is 24.0. The lowest BCUT2D eigenvalue weighted by Crippen LogP contribution is -2.20. The van der Waals surface area contributed by atoms with E-state index < -0.39 is 10.0 Å². The first-order chi connectivity index (χ1) is 16.2. The number of pyridine rings is 1. The zero-order valence-corrected chi connectivity index (χ0v) is 19.8. The molecule has 0 saturated heterocycles. The number of rotatable bonds is 6. The lowest BCUT2D eigenvalue weighted by molar-refractivity contribution is 0.0956. The smallest absolute Gasteiger partial charge is 0.272 e. The summed E-state index contributed by atoms with van der Waals surface area (Å²) in [5.74, 6) is -0.363. The number of carbonyl (C=O) groups excluding carboxylic acids is 1. The summed E-state index contributed by atoms with van der Waals surface area (Å²) in [4.78, 5) is 17.9. The molecule has 0 aliphatic rings. The van der Waals surface area contributed by atoms with Crippen LogP contribution in [0.3, 0.4) is 0 Å². The number of amides is 1. The molecule has 34 heavy (non-hydrogen) atoms. The average Bonchev–Trinajstić information content (AvgIpc) is 2.81. The van der Waals surface area contributed by atoms with Gasteiger partial charge in [-0.25, -0.2) is 18.8 Å². The van der Waals surface area contributed by atoms with E-state index >= 15 is 0 Å². The topological polar surface area (TPSA) is 101 Å². The lowest BCUT2D eigenvalue weighted by atomic mass is 10.0. The number of hydrogen-bond acceptors (Lipinski definition) is 5. The van der Waals surface area contributed by atoms with Gasteiger partial charge >= 0.3 is 0 Å². The number of sulfonamides is 1. The van der Waals surface area contributed by atoms with Crippen LogP contribution >= 0.6 is 0 Å². The Labute approximate surface area is 198 Å². The molecule has 7 nitrogen and oxygen atoms in total. The molecule has 0 fully saturated rings. The zero-order chi connectivity index (χ0) is 24.3. The molecule has 1 amide bonds. The van der Waals surface area contributed by atoms with Gasteiger partial charge in [0.2, 0.25) is 10.0 Å². The summed E-state index contributed by atoms with van der Waals surface area (Å²) >= 11 is 0. The van der Waals surface area contributed by atoms with Gasteiger partial charge in [0, 0.05) is 16.6 Å². The summed E-state index contributed by atoms with van der Waals surface area (Å²) in [6.45, 7) is 3.75. The summed E-state index contributed by atoms with van der Waals surface area (Å²) < 4.78 is 25.5. The molecule has 0 aliphatic heterocycles. The van der Waals surface area contributed by atoms with Crippen LogP contribution in [0.25, 0.3) is 22.2 Å². The number of benzene rings is 3. The number of nitrogens with one attached hydrogen (secondary N) is 2. The Morgan fingerprint density at radius 2 is 1.68 bits per heavy atom. The van der Waals surface area contributed by atoms with E-state index in [1.165, 1.54) is 0 Å². The maximum Gasteiger partial charge on any atom is 0.272 e. The maximum absolute atomic E-state index is 13.2. The fourth-order valence-corrected chi connectivity index (χ4v) is 4.20. The average molecular weight is 473 g/mol. The van der Waals surface area contributed by atoms with Gasteiger partial charge in [0.15, 0.2) is 0 Å². The molecular formula is C26H24N4O3S. The third-order valence-electron chi connectivity index (χ3n) is 5.29. The second kappa shape index (κ2) is 9.44. The van der Waals surface area contributed by atoms with Crippen LogP contribution < -0.4 is 10.1 Å². The van der Waals surface area contributed by atoms with Gasteiger partial charge in [0.05, 0.1) is 28.7 Å². The van der Waals surface area contributed by atoms with Crippen LogP contribution in [-0.4, -0.2) is 31.3 Å². The van der Waals surface area contributed by atoms with E-state index in [2.05, 4.69) is 15.2 Å². The number of carbonyl (C=O) groups is 1. The number of aromatic nitrogens is 1. The largest absolute Gasteiger partial charge is 0.284 e. The Kier molecular flexibility index (Phi) is 6.43. The van der Waals surface area contributed by atoms with Crippen molar-refractivity contribution in [2.45, 2.75) is 13.8 Å². The van der Waals surface area contributed by atoms with E-state index in [1.807, 2.05) is 55.5 Å². The number of para-hydroxylation sites is 1. The molecule has 172 valence electrons. The number of hydrazone groups is 1. The van der Waals surface area contributed by atoms with Crippen molar-refractivity contribution < 1.29 is 13.2 Å². The van der Waals surface area contributed by atoms with Crippen molar-refractivity contribution in [3.05, 3.63) is 95.6 Å². The van der Waals surface area contributed by atoms with Crippen LogP contribution in [-0.2, 0) is 10.0 Å². The molecule has 1 aromatic heterocycles. The minimum absolute atomic E-state index is 0.363. The Balaban J connectivity index is 1.66. The number of hydrogen-bond donors (Lipinski definition) is 2. The SMILES string of the molecule is C/C(=N\NC(=O)c1cc(-c2ccccc2C)nc2ccccc12)c1cccc(NS(C)(=O)=O)c1. The Hall–Kier alpha value is -4.04. The normalized spacial score (nSPS) is 11.9. The zero-order valence-electron chi connectivity index (χ0n) is 19.0. The molecular weight excluding hydrogens is 448 g/mol. The molecule has 8 heteroatoms. The van der Waals surface area contributed by atoms with E-state index in [4.69, 9.17) is 4.98 Å². The molecule has 0 atom stereocenters. The van der Waals surface area contributed by atoms with E-state index in [0.717, 1.165) is 22.8 Å². The van der Waals surface area contributed by atoms with Crippen LogP contribution in [0, 0.1) is 6.92 Å². The Morgan fingerprint density at radius 1 is 0.941 bits per heavy atom. The van der Waals surface area contributed by atoms with Crippen LogP contribution in [0.15, 0.2) is 84.0 Å². The monoisotopic (exact) mass is 472 g/mol. The first-order valence-electron chi connectivity index (χ1n) is 10.6. The molecule has 0 radical (unpaired) electrons. The highest BCUT2D eigenvalue weighted by molar-refractivity contribution is 7.92. The molecule has 3 aromatic carbocycles. The standard InChI is InChI=1S/C26H24N4O3S/c1-17-9-4-5-12-21(17)25-16-23(22-13-6-7-14-24(22)27-25)26(31)29-28-18(2)19-10-8-11-20(15-19)30-34(3,32)33/h4-16,30H,1-3H3,(H,29,31)/b28-18+. The van der Waals surface area contributed by atoms with Gasteiger partial charge in [0.1, 0.15) is 0 Å². The third-order valence-corrected chi connectivity index (χ3v) is 5.90. The van der Waals surface area contributed by atoms with Gasteiger partial charge in [-0.1, -0.05) is 54.6 Å². The maximum atomic E-state index is 13.2. The van der Waals surface area contributed by atoms with Gasteiger partial charge in [-0.05, 0) is 49.2 Å². The van der Waals surface area contributed by atoms with E-state index in [-0.39, 0.29) is 5.91 Å². The molecule has 0 spiro atoms. The fourth-order valence-electron chi connectivity index (χ4n) is 3.64. The summed E-state index contributed by atoms with van der Waals surface area (Å²) in [5, 5.41) is 4.98. The van der Waals surface area contributed by atoms with E-state index in [0.29, 0.717) is 33.7 Å². The van der Waals surface area contributed by atoms with Crippen LogP contribution in [0.1, 0.15) is 28.4 Å². The van der Waals surface area contributed by atoms with Crippen molar-refractivity contribution in [2.24, 2.45) is 5.10 Å². The van der Waals surface area contributed by atoms with Gasteiger partial charge < -0.3 is 0 Å². The first-order valence-corrected chi connectivity index (χ1v) is 12.5. The van der Waals surface area contributed by atoms with Crippen molar-refractivity contribution >= 4 is 38.2 Å². The van der Waals surface area contributed by atoms with Crippen molar-refractivity contribution in [1.82, 2.24) is 10.4 Å². The van der Waals surface area contributed by atoms with Gasteiger partial charge in [-0.3, -0.25) is 9.52 Å². The van der Waals surface area contributed by atoms with Gasteiger partial charge in [0.25, 0.3) is 5.91 Å². The minimum Gasteiger partial charge on any atom is -0.284 e. The van der Waals surface area contributed by atoms with Crippen LogP contribution in [0.5, 0.6) is 0 Å². The van der Waals surface area contributed by atoms with Crippen molar-refractivity contribution in [2.75, 3.05) is 11.0 Å². The predicted molar refractivity (Wildman–Crippen MR) is 137 cm³/mol. The van der Waals surface area contributed by atoms with Crippen molar-refractivity contribution in [3.8, 4) is 11.3 Å². The fraction of sp³-hybridized carbons (Fsp3) is 0.115. The molecule has 0 saturated carbocycles.